The van der Waals surface area contributed by atoms with Crippen molar-refractivity contribution in [1.82, 2.24) is 25.2 Å². The molecule has 2 aromatic heterocycles. The SMILES string of the molecule is CN/C1=C(\C=N)NC(=O)C(C)CCCC(n2cnc(-c3cc(Cl)ccc3-c3ccc(C)cc3)cc2=O)c2cc1ccn2. The van der Waals surface area contributed by atoms with Crippen LogP contribution in [0.2, 0.25) is 5.02 Å². The van der Waals surface area contributed by atoms with Gasteiger partial charge in [0.2, 0.25) is 5.91 Å². The smallest absolute Gasteiger partial charge is 0.254 e. The molecular formula is C33H33ClN6O2. The van der Waals surface area contributed by atoms with Crippen LogP contribution in [-0.2, 0) is 4.79 Å². The zero-order valence-corrected chi connectivity index (χ0v) is 24.6. The summed E-state index contributed by atoms with van der Waals surface area (Å²) in [5.41, 5.74) is 6.61. The highest BCUT2D eigenvalue weighted by Crippen LogP contribution is 2.34. The van der Waals surface area contributed by atoms with Gasteiger partial charge in [0.05, 0.1) is 35.2 Å². The van der Waals surface area contributed by atoms with Gasteiger partial charge in [0.1, 0.15) is 0 Å². The minimum absolute atomic E-state index is 0.151. The fraction of sp³-hybridized carbons (Fsp3) is 0.242. The van der Waals surface area contributed by atoms with Gasteiger partial charge >= 0.3 is 0 Å². The van der Waals surface area contributed by atoms with E-state index in [1.807, 2.05) is 68.4 Å². The minimum Gasteiger partial charge on any atom is -0.386 e. The van der Waals surface area contributed by atoms with Crippen LogP contribution in [0.5, 0.6) is 0 Å². The van der Waals surface area contributed by atoms with Crippen molar-refractivity contribution in [1.29, 1.82) is 5.41 Å². The van der Waals surface area contributed by atoms with Crippen LogP contribution < -0.4 is 16.2 Å². The molecule has 4 aromatic rings. The zero-order valence-electron chi connectivity index (χ0n) is 23.8. The van der Waals surface area contributed by atoms with Crippen molar-refractivity contribution in [2.75, 3.05) is 7.05 Å². The molecule has 0 radical (unpaired) electrons. The Morgan fingerprint density at radius 3 is 2.50 bits per heavy atom. The lowest BCUT2D eigenvalue weighted by Gasteiger charge is -2.23. The van der Waals surface area contributed by atoms with Gasteiger partial charge in [-0.05, 0) is 55.2 Å². The molecular weight excluding hydrogens is 548 g/mol. The van der Waals surface area contributed by atoms with Gasteiger partial charge in [-0.3, -0.25) is 19.1 Å². The number of fused-ring (bicyclic) bond motifs is 2. The summed E-state index contributed by atoms with van der Waals surface area (Å²) in [5, 5.41) is 14.5. The first-order valence-corrected chi connectivity index (χ1v) is 14.3. The number of carbonyl (C=O) groups is 1. The second kappa shape index (κ2) is 12.5. The Bertz CT molecular complexity index is 1730. The molecule has 0 aliphatic carbocycles. The van der Waals surface area contributed by atoms with E-state index in [4.69, 9.17) is 22.0 Å². The van der Waals surface area contributed by atoms with E-state index in [9.17, 15) is 9.59 Å². The van der Waals surface area contributed by atoms with Crippen LogP contribution >= 0.6 is 11.6 Å². The molecule has 8 nitrogen and oxygen atoms in total. The van der Waals surface area contributed by atoms with Crippen molar-refractivity contribution < 1.29 is 4.79 Å². The van der Waals surface area contributed by atoms with Gasteiger partial charge in [-0.15, -0.1) is 0 Å². The topological polar surface area (TPSA) is 113 Å². The zero-order chi connectivity index (χ0) is 29.8. The van der Waals surface area contributed by atoms with Crippen molar-refractivity contribution in [3.8, 4) is 22.4 Å². The van der Waals surface area contributed by atoms with E-state index in [2.05, 4.69) is 15.6 Å². The van der Waals surface area contributed by atoms with Gasteiger partial charge in [-0.2, -0.15) is 0 Å². The lowest BCUT2D eigenvalue weighted by atomic mass is 9.96. The Hall–Kier alpha value is -4.56. The lowest BCUT2D eigenvalue weighted by molar-refractivity contribution is -0.123. The molecule has 3 heterocycles. The van der Waals surface area contributed by atoms with Crippen molar-refractivity contribution in [2.24, 2.45) is 5.92 Å². The maximum absolute atomic E-state index is 13.7. The van der Waals surface area contributed by atoms with Crippen LogP contribution in [0.15, 0.2) is 83.7 Å². The Kier molecular flexibility index (Phi) is 8.64. The average Bonchev–Trinajstić information content (AvgIpc) is 2.99. The number of amides is 1. The Balaban J connectivity index is 1.60. The highest BCUT2D eigenvalue weighted by atomic mass is 35.5. The van der Waals surface area contributed by atoms with Crippen molar-refractivity contribution in [2.45, 2.75) is 39.2 Å². The summed E-state index contributed by atoms with van der Waals surface area (Å²) in [6.45, 7) is 3.91. The van der Waals surface area contributed by atoms with Gasteiger partial charge in [0.15, 0.2) is 0 Å². The first-order valence-electron chi connectivity index (χ1n) is 13.9. The molecule has 0 spiro atoms. The number of hydrogen-bond donors (Lipinski definition) is 3. The minimum atomic E-state index is -0.397. The first kappa shape index (κ1) is 29.0. The quantitative estimate of drug-likeness (QED) is 0.251. The van der Waals surface area contributed by atoms with E-state index in [0.29, 0.717) is 47.1 Å². The van der Waals surface area contributed by atoms with E-state index in [1.165, 1.54) is 0 Å². The molecule has 2 bridgehead atoms. The van der Waals surface area contributed by atoms with Crippen molar-refractivity contribution in [3.05, 3.63) is 111 Å². The van der Waals surface area contributed by atoms with Gasteiger partial charge < -0.3 is 16.0 Å². The molecule has 2 aromatic carbocycles. The largest absolute Gasteiger partial charge is 0.386 e. The number of pyridine rings is 1. The van der Waals surface area contributed by atoms with Crippen LogP contribution in [0.4, 0.5) is 0 Å². The molecule has 1 amide bonds. The molecule has 1 aliphatic rings. The van der Waals surface area contributed by atoms with Gasteiger partial charge in [0, 0.05) is 47.6 Å². The number of nitrogens with zero attached hydrogens (tertiary/aromatic N) is 3. The predicted molar refractivity (Wildman–Crippen MR) is 167 cm³/mol. The van der Waals surface area contributed by atoms with Crippen LogP contribution in [0, 0.1) is 18.3 Å². The third-order valence-corrected chi connectivity index (χ3v) is 7.92. The highest BCUT2D eigenvalue weighted by Gasteiger charge is 2.23. The second-order valence-electron chi connectivity index (χ2n) is 10.6. The molecule has 2 atom stereocenters. The van der Waals surface area contributed by atoms with Gasteiger partial charge in [-0.1, -0.05) is 60.8 Å². The number of hydrogen-bond acceptors (Lipinski definition) is 6. The molecule has 42 heavy (non-hydrogen) atoms. The summed E-state index contributed by atoms with van der Waals surface area (Å²) in [6.07, 6.45) is 6.29. The van der Waals surface area contributed by atoms with Crippen LogP contribution in [0.3, 0.4) is 0 Å². The molecule has 2 unspecified atom stereocenters. The van der Waals surface area contributed by atoms with Gasteiger partial charge in [-0.25, -0.2) is 4.98 Å². The Morgan fingerprint density at radius 1 is 1.00 bits per heavy atom. The first-order chi connectivity index (χ1) is 20.3. The monoisotopic (exact) mass is 580 g/mol. The molecule has 0 fully saturated rings. The van der Waals surface area contributed by atoms with E-state index >= 15 is 0 Å². The van der Waals surface area contributed by atoms with Crippen molar-refractivity contribution in [3.63, 3.8) is 0 Å². The standard InChI is InChI=1S/C33H33ClN6O2/c1-20-7-9-22(10-8-20)25-12-11-24(34)16-26(25)27-17-31(41)40(19-38-27)30-6-4-5-21(2)33(42)39-29(18-35)32(36-3)23-13-14-37-28(30)15-23/h7-19,21,30,35-36H,4-6H2,1-3H3,(H,39,42)/b32-29+,35-18?. The maximum atomic E-state index is 13.7. The molecule has 5 rings (SSSR count). The number of benzene rings is 2. The van der Waals surface area contributed by atoms with Gasteiger partial charge in [0.25, 0.3) is 5.56 Å². The molecule has 0 saturated carbocycles. The molecule has 9 heteroatoms. The number of rotatable bonds is 5. The van der Waals surface area contributed by atoms with Crippen LogP contribution in [0.25, 0.3) is 28.1 Å². The van der Waals surface area contributed by atoms with Crippen LogP contribution in [-0.4, -0.2) is 33.7 Å². The maximum Gasteiger partial charge on any atom is 0.254 e. The van der Waals surface area contributed by atoms with E-state index in [0.717, 1.165) is 34.0 Å². The Morgan fingerprint density at radius 2 is 1.79 bits per heavy atom. The molecule has 1 aliphatic heterocycles. The van der Waals surface area contributed by atoms with Crippen molar-refractivity contribution >= 4 is 29.4 Å². The Labute approximate surface area is 250 Å². The number of nitrogens with one attached hydrogen (secondary N) is 3. The number of aryl methyl sites for hydroxylation is 1. The normalized spacial score (nSPS) is 19.3. The summed E-state index contributed by atoms with van der Waals surface area (Å²) in [7, 11) is 1.74. The molecule has 214 valence electrons. The number of carbonyl (C=O) groups excluding carboxylic acids is 1. The second-order valence-corrected chi connectivity index (χ2v) is 11.0. The average molecular weight is 581 g/mol. The molecule has 0 saturated heterocycles. The third kappa shape index (κ3) is 6.04. The summed E-state index contributed by atoms with van der Waals surface area (Å²) in [4.78, 5) is 36.0. The third-order valence-electron chi connectivity index (χ3n) is 7.69. The van der Waals surface area contributed by atoms with Crippen LogP contribution in [0.1, 0.15) is 49.0 Å². The lowest BCUT2D eigenvalue weighted by Crippen LogP contribution is -2.32. The fourth-order valence-corrected chi connectivity index (χ4v) is 5.50. The predicted octanol–water partition coefficient (Wildman–Crippen LogP) is 6.00. The number of halogens is 1. The summed E-state index contributed by atoms with van der Waals surface area (Å²) < 4.78 is 1.61. The number of allylic oxidation sites excluding steroid dienone is 1. The summed E-state index contributed by atoms with van der Waals surface area (Å²) in [6, 6.07) is 18.7. The van der Waals surface area contributed by atoms with E-state index < -0.39 is 6.04 Å². The summed E-state index contributed by atoms with van der Waals surface area (Å²) >= 11 is 6.39. The molecule has 3 N–H and O–H groups in total. The van der Waals surface area contributed by atoms with E-state index in [-0.39, 0.29) is 17.4 Å². The van der Waals surface area contributed by atoms with E-state index in [1.54, 1.807) is 30.2 Å². The highest BCUT2D eigenvalue weighted by molar-refractivity contribution is 6.31. The fourth-order valence-electron chi connectivity index (χ4n) is 5.33. The summed E-state index contributed by atoms with van der Waals surface area (Å²) in [5.74, 6) is -0.425. The number of aromatic nitrogens is 3.